The van der Waals surface area contributed by atoms with Crippen molar-refractivity contribution in [2.45, 2.75) is 26.1 Å². The summed E-state index contributed by atoms with van der Waals surface area (Å²) in [5.41, 5.74) is -1.30. The van der Waals surface area contributed by atoms with E-state index in [2.05, 4.69) is 19.2 Å². The fourth-order valence-corrected chi connectivity index (χ4v) is 1.55. The van der Waals surface area contributed by atoms with Crippen molar-refractivity contribution in [3.05, 3.63) is 17.3 Å². The van der Waals surface area contributed by atoms with Gasteiger partial charge in [0.2, 0.25) is 0 Å². The van der Waals surface area contributed by atoms with Gasteiger partial charge >= 0.3 is 12.3 Å². The predicted octanol–water partition coefficient (Wildman–Crippen LogP) is 3.03. The van der Waals surface area contributed by atoms with Crippen LogP contribution in [0.3, 0.4) is 0 Å². The summed E-state index contributed by atoms with van der Waals surface area (Å²) in [6, 6.07) is 0.644. The molecular weight excluding hydrogens is 317 g/mol. The van der Waals surface area contributed by atoms with E-state index in [0.29, 0.717) is 6.07 Å². The zero-order valence-corrected chi connectivity index (χ0v) is 11.5. The molecule has 0 aliphatic carbocycles. The van der Waals surface area contributed by atoms with Crippen molar-refractivity contribution in [2.75, 3.05) is 13.7 Å². The summed E-state index contributed by atoms with van der Waals surface area (Å²) < 4.78 is 75.4. The zero-order valence-electron chi connectivity index (χ0n) is 11.5. The van der Waals surface area contributed by atoms with E-state index in [0.717, 1.165) is 7.11 Å². The largest absolute Gasteiger partial charge is 0.573 e. The molecule has 124 valence electrons. The minimum Gasteiger partial charge on any atom is -0.478 e. The second-order valence-corrected chi connectivity index (χ2v) is 3.87. The number of carbonyl (C=O) groups is 1. The van der Waals surface area contributed by atoms with E-state index in [4.69, 9.17) is 0 Å². The topological polar surface area (TPSA) is 57.7 Å². The molecule has 10 heteroatoms. The lowest BCUT2D eigenvalue weighted by molar-refractivity contribution is -0.275. The van der Waals surface area contributed by atoms with Gasteiger partial charge in [-0.1, -0.05) is 0 Å². The summed E-state index contributed by atoms with van der Waals surface area (Å²) in [7, 11) is 0.939. The van der Waals surface area contributed by atoms with E-state index >= 15 is 0 Å². The van der Waals surface area contributed by atoms with Crippen LogP contribution >= 0.6 is 0 Å². The average molecular weight is 329 g/mol. The van der Waals surface area contributed by atoms with Crippen LogP contribution in [0, 0.1) is 0 Å². The van der Waals surface area contributed by atoms with Gasteiger partial charge in [-0.05, 0) is 13.0 Å². The van der Waals surface area contributed by atoms with Crippen molar-refractivity contribution in [2.24, 2.45) is 0 Å². The van der Waals surface area contributed by atoms with Gasteiger partial charge in [-0.3, -0.25) is 4.79 Å². The number of hydrogen-bond donors (Lipinski definition) is 0. The molecule has 22 heavy (non-hydrogen) atoms. The Morgan fingerprint density at radius 2 is 2.00 bits per heavy atom. The smallest absolute Gasteiger partial charge is 0.478 e. The number of rotatable bonds is 6. The van der Waals surface area contributed by atoms with Gasteiger partial charge in [-0.15, -0.1) is 13.2 Å². The van der Waals surface area contributed by atoms with Crippen molar-refractivity contribution in [1.29, 1.82) is 0 Å². The molecule has 0 fully saturated rings. The first-order valence-electron chi connectivity index (χ1n) is 5.95. The SMILES string of the molecule is CCOC(=O)Cc1cc(C(F)F)c(OC(F)(F)F)c(OC)n1. The number of methoxy groups -OCH3 is 1. The minimum atomic E-state index is -5.19. The summed E-state index contributed by atoms with van der Waals surface area (Å²) in [4.78, 5) is 14.9. The van der Waals surface area contributed by atoms with Gasteiger partial charge in [-0.2, -0.15) is 0 Å². The summed E-state index contributed by atoms with van der Waals surface area (Å²) in [6.45, 7) is 1.60. The Kier molecular flexibility index (Phi) is 5.89. The Hall–Kier alpha value is -2.13. The van der Waals surface area contributed by atoms with Gasteiger partial charge in [0.15, 0.2) is 5.75 Å². The standard InChI is InChI=1S/C12H12F5NO4/c1-3-21-8(19)5-6-4-7(10(13)14)9(11(18-6)20-2)22-12(15,16)17/h4,10H,3,5H2,1-2H3. The van der Waals surface area contributed by atoms with Gasteiger partial charge in [0.1, 0.15) is 0 Å². The van der Waals surface area contributed by atoms with Crippen LogP contribution in [0.1, 0.15) is 24.6 Å². The van der Waals surface area contributed by atoms with Crippen LogP contribution in [0.2, 0.25) is 0 Å². The van der Waals surface area contributed by atoms with Crippen LogP contribution in [0.4, 0.5) is 22.0 Å². The fourth-order valence-electron chi connectivity index (χ4n) is 1.55. The van der Waals surface area contributed by atoms with Crippen molar-refractivity contribution >= 4 is 5.97 Å². The van der Waals surface area contributed by atoms with Crippen LogP contribution in [-0.4, -0.2) is 31.0 Å². The van der Waals surface area contributed by atoms with E-state index in [1.54, 1.807) is 0 Å². The van der Waals surface area contributed by atoms with Crippen molar-refractivity contribution < 1.29 is 41.0 Å². The third-order valence-electron chi connectivity index (χ3n) is 2.30. The first-order chi connectivity index (χ1) is 10.2. The highest BCUT2D eigenvalue weighted by atomic mass is 19.4. The highest BCUT2D eigenvalue weighted by Crippen LogP contribution is 2.39. The number of pyridine rings is 1. The highest BCUT2D eigenvalue weighted by Gasteiger charge is 2.36. The molecule has 1 heterocycles. The molecule has 5 nitrogen and oxygen atoms in total. The number of alkyl halides is 5. The van der Waals surface area contributed by atoms with Gasteiger partial charge in [0.05, 0.1) is 31.4 Å². The maximum absolute atomic E-state index is 12.9. The molecule has 1 aromatic rings. The van der Waals surface area contributed by atoms with Crippen LogP contribution in [-0.2, 0) is 16.0 Å². The monoisotopic (exact) mass is 329 g/mol. The first kappa shape index (κ1) is 17.9. The highest BCUT2D eigenvalue weighted by molar-refractivity contribution is 5.72. The molecule has 0 saturated carbocycles. The second kappa shape index (κ2) is 7.23. The molecule has 0 radical (unpaired) electrons. The van der Waals surface area contributed by atoms with Gasteiger partial charge < -0.3 is 14.2 Å². The number of hydrogen-bond acceptors (Lipinski definition) is 5. The Balaban J connectivity index is 3.25. The first-order valence-corrected chi connectivity index (χ1v) is 5.95. The third kappa shape index (κ3) is 5.01. The van der Waals surface area contributed by atoms with E-state index in [1.165, 1.54) is 6.92 Å². The van der Waals surface area contributed by atoms with E-state index in [-0.39, 0.29) is 12.3 Å². The number of halogens is 5. The summed E-state index contributed by atoms with van der Waals surface area (Å²) >= 11 is 0. The predicted molar refractivity (Wildman–Crippen MR) is 62.8 cm³/mol. The summed E-state index contributed by atoms with van der Waals surface area (Å²) in [5, 5.41) is 0. The Morgan fingerprint density at radius 1 is 1.36 bits per heavy atom. The molecule has 0 aliphatic rings. The lowest BCUT2D eigenvalue weighted by Gasteiger charge is -2.16. The molecular formula is C12H12F5NO4. The maximum Gasteiger partial charge on any atom is 0.573 e. The van der Waals surface area contributed by atoms with Gasteiger partial charge in [0, 0.05) is 0 Å². The molecule has 0 amide bonds. The van der Waals surface area contributed by atoms with Crippen molar-refractivity contribution in [3.63, 3.8) is 0 Å². The quantitative estimate of drug-likeness (QED) is 0.593. The second-order valence-electron chi connectivity index (χ2n) is 3.87. The molecule has 0 aromatic carbocycles. The van der Waals surface area contributed by atoms with E-state index < -0.39 is 42.4 Å². The average Bonchev–Trinajstić information content (AvgIpc) is 2.38. The van der Waals surface area contributed by atoms with Crippen LogP contribution in [0.15, 0.2) is 6.07 Å². The third-order valence-corrected chi connectivity index (χ3v) is 2.30. The maximum atomic E-state index is 12.9. The van der Waals surface area contributed by atoms with Gasteiger partial charge in [-0.25, -0.2) is 13.8 Å². The molecule has 0 saturated heterocycles. The zero-order chi connectivity index (χ0) is 16.9. The lowest BCUT2D eigenvalue weighted by Crippen LogP contribution is -2.20. The summed E-state index contributed by atoms with van der Waals surface area (Å²) in [5.74, 6) is -2.80. The number of carbonyl (C=O) groups excluding carboxylic acids is 1. The van der Waals surface area contributed by atoms with Gasteiger partial charge in [0.25, 0.3) is 12.3 Å². The van der Waals surface area contributed by atoms with E-state index in [9.17, 15) is 26.7 Å². The Morgan fingerprint density at radius 3 is 2.45 bits per heavy atom. The number of ether oxygens (including phenoxy) is 3. The molecule has 1 aromatic heterocycles. The van der Waals surface area contributed by atoms with Crippen LogP contribution < -0.4 is 9.47 Å². The molecule has 0 N–H and O–H groups in total. The summed E-state index contributed by atoms with van der Waals surface area (Å²) in [6.07, 6.45) is -8.97. The molecule has 0 aliphatic heterocycles. The molecule has 0 atom stereocenters. The lowest BCUT2D eigenvalue weighted by atomic mass is 10.1. The molecule has 1 rings (SSSR count). The van der Waals surface area contributed by atoms with Crippen molar-refractivity contribution in [1.82, 2.24) is 4.98 Å². The van der Waals surface area contributed by atoms with Crippen LogP contribution in [0.25, 0.3) is 0 Å². The minimum absolute atomic E-state index is 0.0624. The molecule has 0 bridgehead atoms. The Labute approximate surface area is 122 Å². The van der Waals surface area contributed by atoms with E-state index in [1.807, 2.05) is 0 Å². The fraction of sp³-hybridized carbons (Fsp3) is 0.500. The van der Waals surface area contributed by atoms with Crippen LogP contribution in [0.5, 0.6) is 11.6 Å². The molecule has 0 spiro atoms. The molecule has 0 unspecified atom stereocenters. The number of esters is 1. The normalized spacial score (nSPS) is 11.5. The Bertz CT molecular complexity index is 533. The number of aromatic nitrogens is 1. The van der Waals surface area contributed by atoms with Crippen molar-refractivity contribution in [3.8, 4) is 11.6 Å². The number of nitrogens with zero attached hydrogens (tertiary/aromatic N) is 1.